The number of guanidine groups is 1. The number of alkyl halides is 3. The number of hydrogen-bond donors (Lipinski definition) is 1. The van der Waals surface area contributed by atoms with Gasteiger partial charge in [-0.25, -0.2) is 13.8 Å². The Hall–Kier alpha value is -2.77. The van der Waals surface area contributed by atoms with E-state index in [1.54, 1.807) is 24.1 Å². The number of hydrogen-bond acceptors (Lipinski definition) is 4. The Balaban J connectivity index is 2.09. The molecule has 0 fully saturated rings. The normalized spacial score (nSPS) is 19.8. The Morgan fingerprint density at radius 1 is 1.19 bits per heavy atom. The largest absolute Gasteiger partial charge is 0.435 e. The predicted octanol–water partition coefficient (Wildman–Crippen LogP) is 3.40. The van der Waals surface area contributed by atoms with E-state index in [1.807, 2.05) is 0 Å². The Labute approximate surface area is 147 Å². The molecule has 1 unspecified atom stereocenters. The summed E-state index contributed by atoms with van der Waals surface area (Å²) in [5, 5.41) is 0. The van der Waals surface area contributed by atoms with Gasteiger partial charge in [-0.3, -0.25) is 0 Å². The van der Waals surface area contributed by atoms with Crippen LogP contribution in [0, 0.1) is 5.82 Å². The van der Waals surface area contributed by atoms with E-state index in [2.05, 4.69) is 9.73 Å². The van der Waals surface area contributed by atoms with Gasteiger partial charge in [-0.15, -0.1) is 0 Å². The lowest BCUT2D eigenvalue weighted by Gasteiger charge is -2.28. The maximum Gasteiger partial charge on any atom is 0.387 e. The first-order valence-electron chi connectivity index (χ1n) is 7.82. The van der Waals surface area contributed by atoms with E-state index in [1.165, 1.54) is 30.3 Å². The van der Waals surface area contributed by atoms with Crippen LogP contribution in [-0.4, -0.2) is 31.1 Å². The Morgan fingerprint density at radius 2 is 1.85 bits per heavy atom. The number of nitrogens with two attached hydrogens (primary N) is 1. The van der Waals surface area contributed by atoms with Gasteiger partial charge in [0, 0.05) is 12.6 Å². The first-order chi connectivity index (χ1) is 12.4. The molecule has 4 nitrogen and oxygen atoms in total. The number of benzene rings is 2. The molecule has 26 heavy (non-hydrogen) atoms. The molecule has 2 aromatic carbocycles. The third kappa shape index (κ3) is 3.18. The van der Waals surface area contributed by atoms with Gasteiger partial charge in [0.15, 0.2) is 5.96 Å². The summed E-state index contributed by atoms with van der Waals surface area (Å²) < 4.78 is 55.9. The van der Waals surface area contributed by atoms with Crippen molar-refractivity contribution in [3.05, 3.63) is 65.0 Å². The molecule has 0 aromatic heterocycles. The van der Waals surface area contributed by atoms with Crippen molar-refractivity contribution >= 4 is 5.96 Å². The smallest absolute Gasteiger partial charge is 0.387 e. The van der Waals surface area contributed by atoms with Crippen molar-refractivity contribution in [2.24, 2.45) is 10.7 Å². The van der Waals surface area contributed by atoms with Crippen LogP contribution >= 0.6 is 0 Å². The van der Waals surface area contributed by atoms with Crippen LogP contribution in [0.2, 0.25) is 0 Å². The Bertz CT molecular complexity index is 826. The molecule has 0 aliphatic carbocycles. The van der Waals surface area contributed by atoms with Crippen LogP contribution in [0.15, 0.2) is 47.5 Å². The van der Waals surface area contributed by atoms with Gasteiger partial charge in [0.25, 0.3) is 0 Å². The number of rotatable bonds is 5. The maximum absolute atomic E-state index is 13.7. The minimum Gasteiger partial charge on any atom is -0.435 e. The molecule has 138 valence electrons. The fourth-order valence-corrected chi connectivity index (χ4v) is 3.07. The minimum atomic E-state index is -2.93. The van der Waals surface area contributed by atoms with Crippen LogP contribution in [-0.2, 0) is 12.2 Å². The van der Waals surface area contributed by atoms with Crippen molar-refractivity contribution in [3.8, 4) is 5.75 Å². The molecule has 1 heterocycles. The zero-order valence-electron chi connectivity index (χ0n) is 13.9. The molecule has 1 aliphatic heterocycles. The molecule has 0 spiro atoms. The second-order valence-electron chi connectivity index (χ2n) is 6.03. The molecule has 0 radical (unpaired) electrons. The summed E-state index contributed by atoms with van der Waals surface area (Å²) >= 11 is 0. The van der Waals surface area contributed by atoms with Gasteiger partial charge in [0.2, 0.25) is 0 Å². The molecule has 1 aliphatic rings. The maximum atomic E-state index is 13.7. The van der Waals surface area contributed by atoms with Crippen molar-refractivity contribution < 1.29 is 22.3 Å². The SMILES string of the molecule is CN1CC(c2ccc(OC(F)F)cc2)(c2ccc(F)c(CF)c2)N=C1N. The summed E-state index contributed by atoms with van der Waals surface area (Å²) in [6.07, 6.45) is 0. The van der Waals surface area contributed by atoms with E-state index < -0.39 is 24.6 Å². The highest BCUT2D eigenvalue weighted by Gasteiger charge is 2.41. The van der Waals surface area contributed by atoms with E-state index in [0.717, 1.165) is 0 Å². The van der Waals surface area contributed by atoms with Crippen molar-refractivity contribution in [1.29, 1.82) is 0 Å². The van der Waals surface area contributed by atoms with E-state index in [9.17, 15) is 17.6 Å². The molecule has 8 heteroatoms. The van der Waals surface area contributed by atoms with Crippen molar-refractivity contribution in [2.75, 3.05) is 13.6 Å². The average Bonchev–Trinajstić information content (AvgIpc) is 2.91. The van der Waals surface area contributed by atoms with Crippen molar-refractivity contribution in [2.45, 2.75) is 18.8 Å². The molecular weight excluding hydrogens is 350 g/mol. The van der Waals surface area contributed by atoms with Gasteiger partial charge < -0.3 is 15.4 Å². The van der Waals surface area contributed by atoms with Gasteiger partial charge in [-0.1, -0.05) is 18.2 Å². The van der Waals surface area contributed by atoms with E-state index >= 15 is 0 Å². The Morgan fingerprint density at radius 3 is 2.38 bits per heavy atom. The first kappa shape index (κ1) is 18.0. The molecule has 2 aromatic rings. The van der Waals surface area contributed by atoms with Crippen LogP contribution < -0.4 is 10.5 Å². The number of ether oxygens (including phenoxy) is 1. The van der Waals surface area contributed by atoms with Crippen LogP contribution in [0.3, 0.4) is 0 Å². The molecular formula is C18H17F4N3O. The molecule has 0 bridgehead atoms. The summed E-state index contributed by atoms with van der Waals surface area (Å²) in [5.74, 6) is -0.370. The third-order valence-electron chi connectivity index (χ3n) is 4.39. The average molecular weight is 367 g/mol. The standard InChI is InChI=1S/C18H17F4N3O/c1-25-10-18(24-17(25)23,13-4-7-15(20)11(8-13)9-19)12-2-5-14(6-3-12)26-16(21)22/h2-8,16H,9-10H2,1H3,(H2,23,24). The fraction of sp³-hybridized carbons (Fsp3) is 0.278. The number of nitrogens with zero attached hydrogens (tertiary/aromatic N) is 2. The zero-order chi connectivity index (χ0) is 18.9. The monoisotopic (exact) mass is 367 g/mol. The number of aliphatic imine (C=N–C) groups is 1. The predicted molar refractivity (Wildman–Crippen MR) is 89.3 cm³/mol. The van der Waals surface area contributed by atoms with Crippen LogP contribution in [0.1, 0.15) is 16.7 Å². The van der Waals surface area contributed by atoms with Gasteiger partial charge >= 0.3 is 6.61 Å². The van der Waals surface area contributed by atoms with Gasteiger partial charge in [0.05, 0.1) is 6.54 Å². The van der Waals surface area contributed by atoms with Crippen molar-refractivity contribution in [1.82, 2.24) is 4.90 Å². The third-order valence-corrected chi connectivity index (χ3v) is 4.39. The lowest BCUT2D eigenvalue weighted by Crippen LogP contribution is -2.34. The second-order valence-corrected chi connectivity index (χ2v) is 6.03. The Kier molecular flexibility index (Phi) is 4.76. The first-order valence-corrected chi connectivity index (χ1v) is 7.82. The molecule has 0 saturated carbocycles. The topological polar surface area (TPSA) is 50.8 Å². The lowest BCUT2D eigenvalue weighted by atomic mass is 9.83. The minimum absolute atomic E-state index is 0.00533. The summed E-state index contributed by atoms with van der Waals surface area (Å²) in [5.41, 5.74) is 6.05. The van der Waals surface area contributed by atoms with E-state index in [-0.39, 0.29) is 17.3 Å². The second kappa shape index (κ2) is 6.86. The number of likely N-dealkylation sites (N-methyl/N-ethyl adjacent to an activating group) is 1. The van der Waals surface area contributed by atoms with Gasteiger partial charge in [-0.05, 0) is 35.4 Å². The quantitative estimate of drug-likeness (QED) is 0.824. The van der Waals surface area contributed by atoms with Crippen molar-refractivity contribution in [3.63, 3.8) is 0 Å². The molecule has 2 N–H and O–H groups in total. The zero-order valence-corrected chi connectivity index (χ0v) is 13.9. The molecule has 0 saturated heterocycles. The lowest BCUT2D eigenvalue weighted by molar-refractivity contribution is -0.0498. The summed E-state index contributed by atoms with van der Waals surface area (Å²) in [7, 11) is 1.74. The molecule has 0 amide bonds. The highest BCUT2D eigenvalue weighted by molar-refractivity contribution is 5.81. The summed E-state index contributed by atoms with van der Waals surface area (Å²) in [4.78, 5) is 6.23. The fourth-order valence-electron chi connectivity index (χ4n) is 3.07. The van der Waals surface area contributed by atoms with Gasteiger partial charge in [0.1, 0.15) is 23.8 Å². The van der Waals surface area contributed by atoms with Crippen LogP contribution in [0.4, 0.5) is 17.6 Å². The molecule has 1 atom stereocenters. The van der Waals surface area contributed by atoms with E-state index in [0.29, 0.717) is 17.7 Å². The molecule has 3 rings (SSSR count). The van der Waals surface area contributed by atoms with E-state index in [4.69, 9.17) is 5.73 Å². The highest BCUT2D eigenvalue weighted by Crippen LogP contribution is 2.39. The summed E-state index contributed by atoms with van der Waals surface area (Å²) in [6.45, 7) is -3.54. The number of halogens is 4. The highest BCUT2D eigenvalue weighted by atomic mass is 19.3. The van der Waals surface area contributed by atoms with Gasteiger partial charge in [-0.2, -0.15) is 8.78 Å². The summed E-state index contributed by atoms with van der Waals surface area (Å²) in [6, 6.07) is 10.1. The van der Waals surface area contributed by atoms with Crippen LogP contribution in [0.5, 0.6) is 5.75 Å². The van der Waals surface area contributed by atoms with Crippen LogP contribution in [0.25, 0.3) is 0 Å².